The van der Waals surface area contributed by atoms with E-state index < -0.39 is 0 Å². The molecule has 0 aromatic rings. The molecule has 1 saturated heterocycles. The highest BCUT2D eigenvalue weighted by Gasteiger charge is 2.21. The number of rotatable bonds is 3. The van der Waals surface area contributed by atoms with Gasteiger partial charge in [0.1, 0.15) is 5.84 Å². The summed E-state index contributed by atoms with van der Waals surface area (Å²) in [5, 5.41) is 12.8. The molecule has 0 aliphatic carbocycles. The highest BCUT2D eigenvalue weighted by atomic mass is 32.2. The fourth-order valence-corrected chi connectivity index (χ4v) is 3.18. The molecule has 2 unspecified atom stereocenters. The SMILES string of the molecule is CC1CN(CCC(N)=NO)CC(C)S1. The zero-order valence-electron chi connectivity index (χ0n) is 8.81. The smallest absolute Gasteiger partial charge is 0.140 e. The minimum atomic E-state index is 0.323. The van der Waals surface area contributed by atoms with Crippen LogP contribution in [0.3, 0.4) is 0 Å². The Balaban J connectivity index is 2.30. The molecule has 4 nitrogen and oxygen atoms in total. The van der Waals surface area contributed by atoms with Crippen molar-refractivity contribution in [3.63, 3.8) is 0 Å². The van der Waals surface area contributed by atoms with E-state index >= 15 is 0 Å². The molecule has 1 aliphatic heterocycles. The lowest BCUT2D eigenvalue weighted by atomic mass is 10.3. The summed E-state index contributed by atoms with van der Waals surface area (Å²) in [5.41, 5.74) is 5.43. The maximum Gasteiger partial charge on any atom is 0.140 e. The molecule has 82 valence electrons. The zero-order chi connectivity index (χ0) is 10.6. The lowest BCUT2D eigenvalue weighted by molar-refractivity contribution is 0.275. The van der Waals surface area contributed by atoms with Gasteiger partial charge in [0.05, 0.1) is 0 Å². The van der Waals surface area contributed by atoms with Crippen molar-refractivity contribution in [2.75, 3.05) is 19.6 Å². The van der Waals surface area contributed by atoms with Crippen LogP contribution in [0.25, 0.3) is 0 Å². The average molecular weight is 217 g/mol. The molecule has 0 bridgehead atoms. The summed E-state index contributed by atoms with van der Waals surface area (Å²) in [7, 11) is 0. The molecular weight excluding hydrogens is 198 g/mol. The van der Waals surface area contributed by atoms with Gasteiger partial charge in [0.15, 0.2) is 0 Å². The lowest BCUT2D eigenvalue weighted by Gasteiger charge is -2.34. The van der Waals surface area contributed by atoms with Gasteiger partial charge in [0.25, 0.3) is 0 Å². The number of hydrogen-bond acceptors (Lipinski definition) is 4. The Bertz CT molecular complexity index is 200. The van der Waals surface area contributed by atoms with E-state index in [0.717, 1.165) is 19.6 Å². The van der Waals surface area contributed by atoms with Gasteiger partial charge in [-0.05, 0) is 0 Å². The molecule has 1 heterocycles. The number of amidine groups is 1. The summed E-state index contributed by atoms with van der Waals surface area (Å²) >= 11 is 2.03. The molecule has 3 N–H and O–H groups in total. The van der Waals surface area contributed by atoms with Crippen LogP contribution in [0.4, 0.5) is 0 Å². The number of nitrogens with two attached hydrogens (primary N) is 1. The average Bonchev–Trinajstić information content (AvgIpc) is 2.12. The number of oxime groups is 1. The molecule has 0 amide bonds. The van der Waals surface area contributed by atoms with Crippen molar-refractivity contribution < 1.29 is 5.21 Å². The van der Waals surface area contributed by atoms with Crippen molar-refractivity contribution in [1.29, 1.82) is 0 Å². The molecule has 2 atom stereocenters. The Kier molecular flexibility index (Phi) is 4.54. The van der Waals surface area contributed by atoms with Crippen molar-refractivity contribution in [2.45, 2.75) is 30.8 Å². The van der Waals surface area contributed by atoms with Crippen LogP contribution in [0.1, 0.15) is 20.3 Å². The molecule has 0 radical (unpaired) electrons. The third-order valence-corrected chi connectivity index (χ3v) is 3.54. The minimum Gasteiger partial charge on any atom is -0.409 e. The van der Waals surface area contributed by atoms with Gasteiger partial charge in [-0.2, -0.15) is 11.8 Å². The van der Waals surface area contributed by atoms with Crippen LogP contribution in [0, 0.1) is 0 Å². The molecule has 1 aliphatic rings. The normalized spacial score (nSPS) is 30.6. The second kappa shape index (κ2) is 5.46. The second-order valence-electron chi connectivity index (χ2n) is 3.86. The molecule has 0 aromatic heterocycles. The van der Waals surface area contributed by atoms with Gasteiger partial charge in [-0.3, -0.25) is 0 Å². The maximum absolute atomic E-state index is 8.41. The summed E-state index contributed by atoms with van der Waals surface area (Å²) in [6.45, 7) is 7.60. The van der Waals surface area contributed by atoms with Crippen LogP contribution in [0.2, 0.25) is 0 Å². The molecular formula is C9H19N3OS. The molecule has 0 aromatic carbocycles. The summed E-state index contributed by atoms with van der Waals surface area (Å²) in [5.74, 6) is 0.323. The Morgan fingerprint density at radius 2 is 2.07 bits per heavy atom. The van der Waals surface area contributed by atoms with Crippen LogP contribution in [-0.4, -0.2) is 46.1 Å². The number of thioether (sulfide) groups is 1. The summed E-state index contributed by atoms with van der Waals surface area (Å²) in [6, 6.07) is 0. The first-order chi connectivity index (χ1) is 6.61. The third-order valence-electron chi connectivity index (χ3n) is 2.31. The first-order valence-electron chi connectivity index (χ1n) is 4.96. The van der Waals surface area contributed by atoms with Gasteiger partial charge in [-0.1, -0.05) is 19.0 Å². The van der Waals surface area contributed by atoms with E-state index in [1.165, 1.54) is 0 Å². The van der Waals surface area contributed by atoms with Gasteiger partial charge in [0.2, 0.25) is 0 Å². The van der Waals surface area contributed by atoms with Gasteiger partial charge >= 0.3 is 0 Å². The van der Waals surface area contributed by atoms with Crippen LogP contribution >= 0.6 is 11.8 Å². The largest absolute Gasteiger partial charge is 0.409 e. The Labute approximate surface area is 89.5 Å². The molecule has 5 heteroatoms. The number of nitrogens with zero attached hydrogens (tertiary/aromatic N) is 2. The van der Waals surface area contributed by atoms with Crippen molar-refractivity contribution in [1.82, 2.24) is 4.90 Å². The van der Waals surface area contributed by atoms with Crippen LogP contribution in [0.5, 0.6) is 0 Å². The quantitative estimate of drug-likeness (QED) is 0.320. The van der Waals surface area contributed by atoms with Crippen LogP contribution < -0.4 is 5.73 Å². The van der Waals surface area contributed by atoms with Gasteiger partial charge in [-0.25, -0.2) is 0 Å². The standard InChI is InChI=1S/C9H19N3OS/c1-7-5-12(6-8(2)14-7)4-3-9(10)11-13/h7-8,13H,3-6H2,1-2H3,(H2,10,11). The van der Waals surface area contributed by atoms with Crippen molar-refractivity contribution in [2.24, 2.45) is 10.9 Å². The van der Waals surface area contributed by atoms with Gasteiger partial charge in [0, 0.05) is 36.6 Å². The van der Waals surface area contributed by atoms with E-state index in [-0.39, 0.29) is 0 Å². The van der Waals surface area contributed by atoms with E-state index in [9.17, 15) is 0 Å². The predicted octanol–water partition coefficient (Wildman–Crippen LogP) is 0.949. The predicted molar refractivity (Wildman–Crippen MR) is 61.0 cm³/mol. The van der Waals surface area contributed by atoms with Crippen molar-refractivity contribution >= 4 is 17.6 Å². The molecule has 14 heavy (non-hydrogen) atoms. The molecule has 0 spiro atoms. The van der Waals surface area contributed by atoms with E-state index in [1.807, 2.05) is 11.8 Å². The fraction of sp³-hybridized carbons (Fsp3) is 0.889. The zero-order valence-corrected chi connectivity index (χ0v) is 9.63. The Hall–Kier alpha value is -0.420. The molecule has 1 fully saturated rings. The Morgan fingerprint density at radius 1 is 1.50 bits per heavy atom. The van der Waals surface area contributed by atoms with E-state index in [4.69, 9.17) is 10.9 Å². The molecule has 1 rings (SSSR count). The molecule has 0 saturated carbocycles. The number of hydrogen-bond donors (Lipinski definition) is 2. The minimum absolute atomic E-state index is 0.323. The lowest BCUT2D eigenvalue weighted by Crippen LogP contribution is -2.41. The summed E-state index contributed by atoms with van der Waals surface area (Å²) < 4.78 is 0. The summed E-state index contributed by atoms with van der Waals surface area (Å²) in [6.07, 6.45) is 0.653. The van der Waals surface area contributed by atoms with Crippen molar-refractivity contribution in [3.8, 4) is 0 Å². The summed E-state index contributed by atoms with van der Waals surface area (Å²) in [4.78, 5) is 2.38. The van der Waals surface area contributed by atoms with Gasteiger partial charge < -0.3 is 15.8 Å². The van der Waals surface area contributed by atoms with Crippen LogP contribution in [0.15, 0.2) is 5.16 Å². The third kappa shape index (κ3) is 3.75. The first kappa shape index (κ1) is 11.7. The highest BCUT2D eigenvalue weighted by Crippen LogP contribution is 2.24. The van der Waals surface area contributed by atoms with E-state index in [0.29, 0.717) is 22.8 Å². The van der Waals surface area contributed by atoms with Gasteiger partial charge in [-0.15, -0.1) is 0 Å². The van der Waals surface area contributed by atoms with Crippen molar-refractivity contribution in [3.05, 3.63) is 0 Å². The Morgan fingerprint density at radius 3 is 2.57 bits per heavy atom. The second-order valence-corrected chi connectivity index (χ2v) is 5.74. The topological polar surface area (TPSA) is 61.8 Å². The van der Waals surface area contributed by atoms with E-state index in [1.54, 1.807) is 0 Å². The van der Waals surface area contributed by atoms with Crippen LogP contribution in [-0.2, 0) is 0 Å². The first-order valence-corrected chi connectivity index (χ1v) is 5.90. The maximum atomic E-state index is 8.41. The fourth-order valence-electron chi connectivity index (χ4n) is 1.79. The highest BCUT2D eigenvalue weighted by molar-refractivity contribution is 8.00. The monoisotopic (exact) mass is 217 g/mol. The van der Waals surface area contributed by atoms with E-state index in [2.05, 4.69) is 23.9 Å².